The Hall–Kier alpha value is -3.00. The summed E-state index contributed by atoms with van der Waals surface area (Å²) in [5, 5.41) is 13.2. The molecule has 2 aromatic rings. The second-order valence-electron chi connectivity index (χ2n) is 4.67. The van der Waals surface area contributed by atoms with Crippen molar-refractivity contribution in [1.29, 1.82) is 0 Å². The molecule has 0 fully saturated rings. The van der Waals surface area contributed by atoms with Gasteiger partial charge in [0.1, 0.15) is 10.8 Å². The number of nitrogens with zero attached hydrogens (tertiary/aromatic N) is 1. The molecule has 0 saturated heterocycles. The van der Waals surface area contributed by atoms with Crippen molar-refractivity contribution in [1.82, 2.24) is 0 Å². The Balaban J connectivity index is 2.12. The van der Waals surface area contributed by atoms with E-state index in [1.165, 1.54) is 42.5 Å². The van der Waals surface area contributed by atoms with Gasteiger partial charge in [-0.05, 0) is 29.8 Å². The van der Waals surface area contributed by atoms with E-state index in [1.54, 1.807) is 6.07 Å². The van der Waals surface area contributed by atoms with Crippen LogP contribution in [0.3, 0.4) is 0 Å². The van der Waals surface area contributed by atoms with Crippen LogP contribution in [0.4, 0.5) is 20.2 Å². The molecular formula is C16H11ClF2N2O4. The predicted octanol–water partition coefficient (Wildman–Crippen LogP) is 4.50. The van der Waals surface area contributed by atoms with Crippen LogP contribution in [-0.2, 0) is 4.79 Å². The first-order valence-corrected chi connectivity index (χ1v) is 7.21. The van der Waals surface area contributed by atoms with Gasteiger partial charge in [0.2, 0.25) is 5.91 Å². The van der Waals surface area contributed by atoms with E-state index in [2.05, 4.69) is 10.1 Å². The van der Waals surface area contributed by atoms with Crippen LogP contribution in [0, 0.1) is 10.1 Å². The van der Waals surface area contributed by atoms with Gasteiger partial charge in [0.05, 0.1) is 10.6 Å². The highest BCUT2D eigenvalue weighted by molar-refractivity contribution is 6.32. The highest BCUT2D eigenvalue weighted by Gasteiger charge is 2.12. The van der Waals surface area contributed by atoms with Gasteiger partial charge in [-0.1, -0.05) is 29.8 Å². The molecule has 2 aromatic carbocycles. The number of amides is 1. The molecule has 130 valence electrons. The molecular weight excluding hydrogens is 358 g/mol. The van der Waals surface area contributed by atoms with Crippen molar-refractivity contribution in [2.24, 2.45) is 0 Å². The summed E-state index contributed by atoms with van der Waals surface area (Å²) < 4.78 is 29.0. The zero-order valence-corrected chi connectivity index (χ0v) is 13.2. The number of hydrogen-bond acceptors (Lipinski definition) is 4. The Morgan fingerprint density at radius 1 is 1.28 bits per heavy atom. The fraction of sp³-hybridized carbons (Fsp3) is 0.0625. The molecule has 0 aliphatic carbocycles. The number of hydrogen-bond donors (Lipinski definition) is 1. The quantitative estimate of drug-likeness (QED) is 0.462. The van der Waals surface area contributed by atoms with E-state index >= 15 is 0 Å². The average molecular weight is 369 g/mol. The number of benzene rings is 2. The molecule has 0 bridgehead atoms. The number of nitro benzene ring substituents is 1. The molecule has 0 aromatic heterocycles. The molecule has 1 amide bonds. The van der Waals surface area contributed by atoms with E-state index in [1.807, 2.05) is 0 Å². The summed E-state index contributed by atoms with van der Waals surface area (Å²) in [5.41, 5.74) is 0.155. The molecule has 0 atom stereocenters. The first kappa shape index (κ1) is 18.3. The van der Waals surface area contributed by atoms with Crippen molar-refractivity contribution in [3.8, 4) is 5.75 Å². The standard InChI is InChI=1S/C16H11ClF2N2O4/c17-11-7-5-10(9-13(11)21(23)24)6-8-15(22)20-12-3-1-2-4-14(12)25-16(18)19/h1-9,16H,(H,20,22). The molecule has 0 radical (unpaired) electrons. The van der Waals surface area contributed by atoms with Gasteiger partial charge in [0.15, 0.2) is 0 Å². The van der Waals surface area contributed by atoms with Crippen LogP contribution in [-0.4, -0.2) is 17.4 Å². The van der Waals surface area contributed by atoms with E-state index in [9.17, 15) is 23.7 Å². The van der Waals surface area contributed by atoms with E-state index in [-0.39, 0.29) is 22.1 Å². The van der Waals surface area contributed by atoms with Crippen molar-refractivity contribution < 1.29 is 23.2 Å². The van der Waals surface area contributed by atoms with E-state index in [0.29, 0.717) is 5.56 Å². The fourth-order valence-corrected chi connectivity index (χ4v) is 2.07. The van der Waals surface area contributed by atoms with Crippen molar-refractivity contribution in [3.63, 3.8) is 0 Å². The first-order chi connectivity index (χ1) is 11.9. The minimum absolute atomic E-state index is 0.0234. The molecule has 0 spiro atoms. The summed E-state index contributed by atoms with van der Waals surface area (Å²) in [6.45, 7) is -3.02. The van der Waals surface area contributed by atoms with Gasteiger partial charge < -0.3 is 10.1 Å². The Labute approximate surface area is 145 Å². The monoisotopic (exact) mass is 368 g/mol. The molecule has 6 nitrogen and oxygen atoms in total. The zero-order valence-electron chi connectivity index (χ0n) is 12.5. The van der Waals surface area contributed by atoms with Crippen LogP contribution in [0.15, 0.2) is 48.5 Å². The van der Waals surface area contributed by atoms with Crippen LogP contribution < -0.4 is 10.1 Å². The number of nitro groups is 1. The summed E-state index contributed by atoms with van der Waals surface area (Å²) >= 11 is 5.70. The second kappa shape index (κ2) is 8.20. The highest BCUT2D eigenvalue weighted by atomic mass is 35.5. The molecule has 25 heavy (non-hydrogen) atoms. The maximum atomic E-state index is 12.3. The van der Waals surface area contributed by atoms with Crippen LogP contribution in [0.1, 0.15) is 5.56 Å². The molecule has 0 unspecified atom stereocenters. The van der Waals surface area contributed by atoms with Gasteiger partial charge in [0, 0.05) is 12.1 Å². The van der Waals surface area contributed by atoms with Crippen molar-refractivity contribution >= 4 is 35.0 Å². The third kappa shape index (κ3) is 5.25. The van der Waals surface area contributed by atoms with Crippen molar-refractivity contribution in [2.45, 2.75) is 6.61 Å². The maximum absolute atomic E-state index is 12.3. The maximum Gasteiger partial charge on any atom is 0.387 e. The van der Waals surface area contributed by atoms with Gasteiger partial charge in [-0.2, -0.15) is 8.78 Å². The lowest BCUT2D eigenvalue weighted by Crippen LogP contribution is -2.11. The fourth-order valence-electron chi connectivity index (χ4n) is 1.89. The Kier molecular flexibility index (Phi) is 6.02. The summed E-state index contributed by atoms with van der Waals surface area (Å²) in [4.78, 5) is 22.1. The number of halogens is 3. The van der Waals surface area contributed by atoms with Crippen LogP contribution in [0.25, 0.3) is 6.08 Å². The summed E-state index contributed by atoms with van der Waals surface area (Å²) in [6.07, 6.45) is 2.43. The number of alkyl halides is 2. The number of carbonyl (C=O) groups excluding carboxylic acids is 1. The number of ether oxygens (including phenoxy) is 1. The highest BCUT2D eigenvalue weighted by Crippen LogP contribution is 2.27. The Morgan fingerprint density at radius 3 is 2.68 bits per heavy atom. The van der Waals surface area contributed by atoms with Crippen LogP contribution in [0.5, 0.6) is 5.75 Å². The van der Waals surface area contributed by atoms with Gasteiger partial charge >= 0.3 is 6.61 Å². The van der Waals surface area contributed by atoms with E-state index in [4.69, 9.17) is 11.6 Å². The SMILES string of the molecule is O=C(C=Cc1ccc(Cl)c([N+](=O)[O-])c1)Nc1ccccc1OC(F)F. The van der Waals surface area contributed by atoms with Gasteiger partial charge in [-0.25, -0.2) is 0 Å². The van der Waals surface area contributed by atoms with E-state index < -0.39 is 17.4 Å². The number of carbonyl (C=O) groups is 1. The van der Waals surface area contributed by atoms with Gasteiger partial charge in [-0.15, -0.1) is 0 Å². The summed E-state index contributed by atoms with van der Waals surface area (Å²) in [5.74, 6) is -0.802. The number of anilines is 1. The number of nitrogens with one attached hydrogen (secondary N) is 1. The third-order valence-corrected chi connectivity index (χ3v) is 3.27. The molecule has 9 heteroatoms. The van der Waals surface area contributed by atoms with Crippen LogP contribution >= 0.6 is 11.6 Å². The topological polar surface area (TPSA) is 81.5 Å². The molecule has 0 heterocycles. The van der Waals surface area contributed by atoms with Crippen molar-refractivity contribution in [3.05, 3.63) is 69.2 Å². The largest absolute Gasteiger partial charge is 0.433 e. The number of rotatable bonds is 6. The predicted molar refractivity (Wildman–Crippen MR) is 88.8 cm³/mol. The molecule has 2 rings (SSSR count). The first-order valence-electron chi connectivity index (χ1n) is 6.83. The number of para-hydroxylation sites is 2. The van der Waals surface area contributed by atoms with Crippen LogP contribution in [0.2, 0.25) is 5.02 Å². The molecule has 0 saturated carbocycles. The minimum atomic E-state index is -3.02. The van der Waals surface area contributed by atoms with Gasteiger partial charge in [0.25, 0.3) is 5.69 Å². The van der Waals surface area contributed by atoms with E-state index in [0.717, 1.165) is 6.08 Å². The lowest BCUT2D eigenvalue weighted by molar-refractivity contribution is -0.384. The minimum Gasteiger partial charge on any atom is -0.433 e. The molecule has 0 aliphatic rings. The van der Waals surface area contributed by atoms with Crippen molar-refractivity contribution in [2.75, 3.05) is 5.32 Å². The Bertz CT molecular complexity index is 828. The lowest BCUT2D eigenvalue weighted by atomic mass is 10.2. The molecule has 1 N–H and O–H groups in total. The average Bonchev–Trinajstić information content (AvgIpc) is 2.55. The zero-order chi connectivity index (χ0) is 18.4. The Morgan fingerprint density at radius 2 is 2.00 bits per heavy atom. The summed E-state index contributed by atoms with van der Waals surface area (Å²) in [7, 11) is 0. The van der Waals surface area contributed by atoms with Gasteiger partial charge in [-0.3, -0.25) is 14.9 Å². The third-order valence-electron chi connectivity index (χ3n) is 2.96. The lowest BCUT2D eigenvalue weighted by Gasteiger charge is -2.10. The summed E-state index contributed by atoms with van der Waals surface area (Å²) in [6, 6.07) is 9.75. The molecule has 0 aliphatic heterocycles. The normalized spacial score (nSPS) is 10.9. The second-order valence-corrected chi connectivity index (χ2v) is 5.07. The smallest absolute Gasteiger partial charge is 0.387 e.